The van der Waals surface area contributed by atoms with Crippen LogP contribution in [0.4, 0.5) is 5.82 Å². The molecule has 0 aliphatic carbocycles. The van der Waals surface area contributed by atoms with Gasteiger partial charge in [0.1, 0.15) is 5.65 Å². The highest BCUT2D eigenvalue weighted by Crippen LogP contribution is 2.23. The fraction of sp³-hybridized carbons (Fsp3) is 0.312. The third-order valence-corrected chi connectivity index (χ3v) is 4.20. The van der Waals surface area contributed by atoms with Gasteiger partial charge in [-0.1, -0.05) is 6.07 Å². The normalized spacial score (nSPS) is 16.2. The average molecular weight is 310 g/mol. The van der Waals surface area contributed by atoms with Crippen LogP contribution in [-0.4, -0.2) is 38.2 Å². The number of hydrogen-bond acceptors (Lipinski definition) is 4. The molecule has 0 atom stereocenters. The zero-order valence-electron chi connectivity index (χ0n) is 12.9. The summed E-state index contributed by atoms with van der Waals surface area (Å²) >= 11 is 0. The van der Waals surface area contributed by atoms with Gasteiger partial charge >= 0.3 is 0 Å². The summed E-state index contributed by atoms with van der Waals surface area (Å²) < 4.78 is 3.75. The van der Waals surface area contributed by atoms with Crippen LogP contribution in [0.2, 0.25) is 0 Å². The number of hydrogen-bond donors (Lipinski definition) is 2. The SMILES string of the molecule is CC1(C(=O)Nc2ccn(Cc3cn4ccccc4n3)n2)CNC1. The second-order valence-electron chi connectivity index (χ2n) is 6.22. The molecule has 4 rings (SSSR count). The standard InChI is InChI=1S/C16H18N6O/c1-16(10-17-11-16)15(23)19-13-5-7-22(20-13)9-12-8-21-6-3-2-4-14(21)18-12/h2-8,17H,9-11H2,1H3,(H,19,20,23). The molecule has 0 aromatic carbocycles. The lowest BCUT2D eigenvalue weighted by Crippen LogP contribution is -2.58. The van der Waals surface area contributed by atoms with Crippen molar-refractivity contribution in [3.8, 4) is 0 Å². The maximum atomic E-state index is 12.2. The van der Waals surface area contributed by atoms with Gasteiger partial charge in [-0.2, -0.15) is 5.10 Å². The quantitative estimate of drug-likeness (QED) is 0.757. The Morgan fingerprint density at radius 3 is 2.96 bits per heavy atom. The van der Waals surface area contributed by atoms with Crippen LogP contribution >= 0.6 is 0 Å². The van der Waals surface area contributed by atoms with Gasteiger partial charge in [-0.25, -0.2) is 4.98 Å². The van der Waals surface area contributed by atoms with E-state index in [1.807, 2.05) is 54.2 Å². The smallest absolute Gasteiger partial charge is 0.234 e. The summed E-state index contributed by atoms with van der Waals surface area (Å²) in [6.07, 6.45) is 5.80. The second kappa shape index (κ2) is 5.20. The van der Waals surface area contributed by atoms with Gasteiger partial charge < -0.3 is 15.0 Å². The van der Waals surface area contributed by atoms with E-state index >= 15 is 0 Å². The van der Waals surface area contributed by atoms with Gasteiger partial charge in [0.25, 0.3) is 0 Å². The van der Waals surface area contributed by atoms with E-state index < -0.39 is 0 Å². The molecule has 3 aromatic heterocycles. The Hall–Kier alpha value is -2.67. The summed E-state index contributed by atoms with van der Waals surface area (Å²) in [4.78, 5) is 16.7. The molecule has 1 amide bonds. The summed E-state index contributed by atoms with van der Waals surface area (Å²) in [5.41, 5.74) is 1.51. The number of anilines is 1. The molecule has 0 unspecified atom stereocenters. The van der Waals surface area contributed by atoms with Crippen LogP contribution in [0.3, 0.4) is 0 Å². The number of nitrogens with one attached hydrogen (secondary N) is 2. The predicted octanol–water partition coefficient (Wildman–Crippen LogP) is 1.13. The van der Waals surface area contributed by atoms with Gasteiger partial charge in [-0.05, 0) is 19.1 Å². The topological polar surface area (TPSA) is 76.2 Å². The monoisotopic (exact) mass is 310 g/mol. The number of amides is 1. The number of rotatable bonds is 4. The zero-order valence-corrected chi connectivity index (χ0v) is 12.9. The number of carbonyl (C=O) groups excluding carboxylic acids is 1. The van der Waals surface area contributed by atoms with Crippen molar-refractivity contribution in [1.29, 1.82) is 0 Å². The Bertz CT molecular complexity index is 827. The fourth-order valence-electron chi connectivity index (χ4n) is 2.67. The first kappa shape index (κ1) is 14.0. The van der Waals surface area contributed by atoms with Gasteiger partial charge in [-0.3, -0.25) is 9.48 Å². The van der Waals surface area contributed by atoms with Crippen LogP contribution in [0.25, 0.3) is 5.65 Å². The van der Waals surface area contributed by atoms with Crippen molar-refractivity contribution in [2.75, 3.05) is 18.4 Å². The van der Waals surface area contributed by atoms with Crippen molar-refractivity contribution in [2.45, 2.75) is 13.5 Å². The van der Waals surface area contributed by atoms with Crippen LogP contribution < -0.4 is 10.6 Å². The third-order valence-electron chi connectivity index (χ3n) is 4.20. The number of imidazole rings is 1. The molecule has 0 radical (unpaired) electrons. The third kappa shape index (κ3) is 2.59. The van der Waals surface area contributed by atoms with Gasteiger partial charge in [0, 0.05) is 37.7 Å². The van der Waals surface area contributed by atoms with Crippen LogP contribution in [0, 0.1) is 5.41 Å². The van der Waals surface area contributed by atoms with E-state index in [0.717, 1.165) is 11.3 Å². The summed E-state index contributed by atoms with van der Waals surface area (Å²) in [6.45, 7) is 3.93. The molecule has 2 N–H and O–H groups in total. The van der Waals surface area contributed by atoms with Crippen LogP contribution in [0.5, 0.6) is 0 Å². The molecular formula is C16H18N6O. The van der Waals surface area contributed by atoms with Crippen molar-refractivity contribution in [1.82, 2.24) is 24.5 Å². The van der Waals surface area contributed by atoms with Crippen molar-refractivity contribution in [3.05, 3.63) is 48.5 Å². The molecule has 1 aliphatic heterocycles. The zero-order chi connectivity index (χ0) is 15.9. The minimum Gasteiger partial charge on any atom is -0.315 e. The molecule has 118 valence electrons. The summed E-state index contributed by atoms with van der Waals surface area (Å²) in [5, 5.41) is 10.4. The number of pyridine rings is 1. The molecule has 7 nitrogen and oxygen atoms in total. The van der Waals surface area contributed by atoms with E-state index in [4.69, 9.17) is 0 Å². The predicted molar refractivity (Wildman–Crippen MR) is 86.1 cm³/mol. The van der Waals surface area contributed by atoms with Gasteiger partial charge in [-0.15, -0.1) is 0 Å². The van der Waals surface area contributed by atoms with Crippen molar-refractivity contribution < 1.29 is 4.79 Å². The molecule has 4 heterocycles. The van der Waals surface area contributed by atoms with Crippen molar-refractivity contribution >= 4 is 17.4 Å². The maximum absolute atomic E-state index is 12.2. The lowest BCUT2D eigenvalue weighted by atomic mass is 9.83. The van der Waals surface area contributed by atoms with E-state index in [2.05, 4.69) is 20.7 Å². The molecule has 0 bridgehead atoms. The highest BCUT2D eigenvalue weighted by atomic mass is 16.2. The molecular weight excluding hydrogens is 292 g/mol. The van der Waals surface area contributed by atoms with E-state index in [0.29, 0.717) is 25.5 Å². The number of fused-ring (bicyclic) bond motifs is 1. The lowest BCUT2D eigenvalue weighted by Gasteiger charge is -2.37. The van der Waals surface area contributed by atoms with E-state index in [9.17, 15) is 4.79 Å². The van der Waals surface area contributed by atoms with Gasteiger partial charge in [0.05, 0.1) is 17.7 Å². The Kier molecular flexibility index (Phi) is 3.16. The van der Waals surface area contributed by atoms with Crippen LogP contribution in [-0.2, 0) is 11.3 Å². The fourth-order valence-corrected chi connectivity index (χ4v) is 2.67. The molecule has 1 fully saturated rings. The Balaban J connectivity index is 1.46. The number of nitrogens with zero attached hydrogens (tertiary/aromatic N) is 4. The second-order valence-corrected chi connectivity index (χ2v) is 6.22. The van der Waals surface area contributed by atoms with E-state index in [-0.39, 0.29) is 11.3 Å². The highest BCUT2D eigenvalue weighted by Gasteiger charge is 2.39. The summed E-state index contributed by atoms with van der Waals surface area (Å²) in [5.74, 6) is 0.584. The minimum absolute atomic E-state index is 0.00855. The van der Waals surface area contributed by atoms with Gasteiger partial charge in [0.15, 0.2) is 5.82 Å². The van der Waals surface area contributed by atoms with E-state index in [1.165, 1.54) is 0 Å². The average Bonchev–Trinajstić information content (AvgIpc) is 3.11. The molecule has 0 spiro atoms. The number of aromatic nitrogens is 4. The Labute approximate surface area is 133 Å². The molecule has 0 saturated carbocycles. The minimum atomic E-state index is -0.328. The molecule has 1 saturated heterocycles. The largest absolute Gasteiger partial charge is 0.315 e. The maximum Gasteiger partial charge on any atom is 0.234 e. The Morgan fingerprint density at radius 1 is 1.35 bits per heavy atom. The first-order valence-electron chi connectivity index (χ1n) is 7.61. The van der Waals surface area contributed by atoms with Crippen LogP contribution in [0.15, 0.2) is 42.9 Å². The molecule has 23 heavy (non-hydrogen) atoms. The molecule has 1 aliphatic rings. The molecule has 7 heteroatoms. The molecule has 3 aromatic rings. The highest BCUT2D eigenvalue weighted by molar-refractivity contribution is 5.95. The van der Waals surface area contributed by atoms with Crippen molar-refractivity contribution in [3.63, 3.8) is 0 Å². The van der Waals surface area contributed by atoms with Crippen molar-refractivity contribution in [2.24, 2.45) is 5.41 Å². The number of carbonyl (C=O) groups is 1. The first-order chi connectivity index (χ1) is 11.1. The van der Waals surface area contributed by atoms with Crippen LogP contribution in [0.1, 0.15) is 12.6 Å². The Morgan fingerprint density at radius 2 is 2.22 bits per heavy atom. The van der Waals surface area contributed by atoms with Gasteiger partial charge in [0.2, 0.25) is 5.91 Å². The summed E-state index contributed by atoms with van der Waals surface area (Å²) in [7, 11) is 0. The first-order valence-corrected chi connectivity index (χ1v) is 7.61. The van der Waals surface area contributed by atoms with E-state index in [1.54, 1.807) is 4.68 Å². The summed E-state index contributed by atoms with van der Waals surface area (Å²) in [6, 6.07) is 7.70. The lowest BCUT2D eigenvalue weighted by molar-refractivity contribution is -0.127.